The predicted molar refractivity (Wildman–Crippen MR) is 78.4 cm³/mol. The molecule has 0 bridgehead atoms. The third-order valence-electron chi connectivity index (χ3n) is 3.19. The van der Waals surface area contributed by atoms with Crippen LogP contribution >= 0.6 is 0 Å². The Morgan fingerprint density at radius 2 is 1.75 bits per heavy atom. The fourth-order valence-corrected chi connectivity index (χ4v) is 2.05. The number of benzene rings is 2. The molecule has 2 aromatic carbocycles. The molecule has 0 spiro atoms. The second-order valence-electron chi connectivity index (χ2n) is 4.62. The van der Waals surface area contributed by atoms with E-state index in [1.165, 1.54) is 0 Å². The molecule has 0 amide bonds. The van der Waals surface area contributed by atoms with Crippen LogP contribution in [0.1, 0.15) is 11.1 Å². The number of hydrogen-bond acceptors (Lipinski definition) is 3. The maximum Gasteiger partial charge on any atom is 0.120 e. The van der Waals surface area contributed by atoms with Crippen LogP contribution in [-0.2, 0) is 13.2 Å². The summed E-state index contributed by atoms with van der Waals surface area (Å²) >= 11 is 0. The molecule has 0 aliphatic carbocycles. The zero-order chi connectivity index (χ0) is 13.8. The van der Waals surface area contributed by atoms with E-state index in [9.17, 15) is 0 Å². The van der Waals surface area contributed by atoms with Gasteiger partial charge in [0.05, 0.1) is 12.1 Å². The predicted octanol–water partition coefficient (Wildman–Crippen LogP) is 3.31. The molecule has 0 aliphatic rings. The van der Waals surface area contributed by atoms with Gasteiger partial charge in [-0.15, -0.1) is 0 Å². The van der Waals surface area contributed by atoms with Crippen LogP contribution in [0.3, 0.4) is 0 Å². The minimum absolute atomic E-state index is 0.0683. The van der Waals surface area contributed by atoms with E-state index in [1.807, 2.05) is 54.6 Å². The van der Waals surface area contributed by atoms with E-state index >= 15 is 0 Å². The summed E-state index contributed by atoms with van der Waals surface area (Å²) in [5.74, 6) is 0.830. The largest absolute Gasteiger partial charge is 0.489 e. The Bertz CT molecular complexity index is 708. The quantitative estimate of drug-likeness (QED) is 0.787. The molecule has 3 heteroatoms. The molecule has 0 saturated carbocycles. The summed E-state index contributed by atoms with van der Waals surface area (Å²) in [7, 11) is 0. The Morgan fingerprint density at radius 1 is 0.950 bits per heavy atom. The van der Waals surface area contributed by atoms with Crippen LogP contribution in [0.5, 0.6) is 5.75 Å². The number of aliphatic hydroxyl groups excluding tert-OH is 1. The van der Waals surface area contributed by atoms with Crippen molar-refractivity contribution in [2.75, 3.05) is 0 Å². The number of ether oxygens (including phenoxy) is 1. The number of nitrogens with zero attached hydrogens (tertiary/aromatic N) is 1. The molecule has 0 atom stereocenters. The smallest absolute Gasteiger partial charge is 0.120 e. The number of aliphatic hydroxyl groups is 1. The molecule has 1 aromatic heterocycles. The number of rotatable bonds is 4. The molecule has 100 valence electrons. The van der Waals surface area contributed by atoms with E-state index in [0.29, 0.717) is 6.61 Å². The maximum absolute atomic E-state index is 9.00. The van der Waals surface area contributed by atoms with Gasteiger partial charge < -0.3 is 9.84 Å². The normalized spacial score (nSPS) is 10.7. The zero-order valence-corrected chi connectivity index (χ0v) is 11.0. The van der Waals surface area contributed by atoms with Crippen molar-refractivity contribution in [1.82, 2.24) is 4.98 Å². The van der Waals surface area contributed by atoms with Crippen molar-refractivity contribution in [2.45, 2.75) is 13.2 Å². The number of hydrogen-bond donors (Lipinski definition) is 1. The lowest BCUT2D eigenvalue weighted by atomic mass is 10.1. The van der Waals surface area contributed by atoms with Gasteiger partial charge in [-0.3, -0.25) is 4.98 Å². The highest BCUT2D eigenvalue weighted by Gasteiger charge is 1.99. The summed E-state index contributed by atoms with van der Waals surface area (Å²) in [4.78, 5) is 4.28. The molecule has 3 nitrogen and oxygen atoms in total. The minimum Gasteiger partial charge on any atom is -0.489 e. The first-order valence-electron chi connectivity index (χ1n) is 6.51. The van der Waals surface area contributed by atoms with Crippen molar-refractivity contribution in [3.8, 4) is 5.75 Å². The fourth-order valence-electron chi connectivity index (χ4n) is 2.05. The first-order chi connectivity index (χ1) is 9.85. The molecule has 0 fully saturated rings. The van der Waals surface area contributed by atoms with Crippen LogP contribution in [0, 0.1) is 0 Å². The molecule has 0 saturated heterocycles. The van der Waals surface area contributed by atoms with E-state index in [2.05, 4.69) is 4.98 Å². The first kappa shape index (κ1) is 12.6. The second-order valence-corrected chi connectivity index (χ2v) is 4.62. The summed E-state index contributed by atoms with van der Waals surface area (Å²) in [5.41, 5.74) is 2.95. The third-order valence-corrected chi connectivity index (χ3v) is 3.19. The van der Waals surface area contributed by atoms with Gasteiger partial charge in [0.15, 0.2) is 0 Å². The molecule has 1 N–H and O–H groups in total. The molecule has 3 rings (SSSR count). The van der Waals surface area contributed by atoms with Gasteiger partial charge in [-0.2, -0.15) is 0 Å². The molecule has 1 heterocycles. The van der Waals surface area contributed by atoms with Crippen molar-refractivity contribution >= 4 is 10.9 Å². The van der Waals surface area contributed by atoms with Gasteiger partial charge in [-0.25, -0.2) is 0 Å². The monoisotopic (exact) mass is 265 g/mol. The molecule has 20 heavy (non-hydrogen) atoms. The molecule has 3 aromatic rings. The Labute approximate surface area is 117 Å². The zero-order valence-electron chi connectivity index (χ0n) is 11.0. The summed E-state index contributed by atoms with van der Waals surface area (Å²) in [6.45, 7) is 0.580. The number of pyridine rings is 1. The van der Waals surface area contributed by atoms with Gasteiger partial charge in [0.25, 0.3) is 0 Å². The Balaban J connectivity index is 1.72. The summed E-state index contributed by atoms with van der Waals surface area (Å²) in [5, 5.41) is 10.1. The number of aromatic nitrogens is 1. The highest BCUT2D eigenvalue weighted by Crippen LogP contribution is 2.20. The Hall–Kier alpha value is -2.39. The lowest BCUT2D eigenvalue weighted by Crippen LogP contribution is -1.96. The maximum atomic E-state index is 9.00. The molecule has 0 unspecified atom stereocenters. The van der Waals surface area contributed by atoms with E-state index < -0.39 is 0 Å². The second kappa shape index (κ2) is 5.72. The van der Waals surface area contributed by atoms with Gasteiger partial charge in [-0.1, -0.05) is 30.3 Å². The van der Waals surface area contributed by atoms with E-state index in [4.69, 9.17) is 9.84 Å². The van der Waals surface area contributed by atoms with E-state index in [0.717, 1.165) is 27.8 Å². The van der Waals surface area contributed by atoms with Crippen molar-refractivity contribution in [1.29, 1.82) is 0 Å². The van der Waals surface area contributed by atoms with Crippen LogP contribution < -0.4 is 4.74 Å². The molecular weight excluding hydrogens is 250 g/mol. The summed E-state index contributed by atoms with van der Waals surface area (Å²) < 4.78 is 5.78. The molecular formula is C17H15NO2. The summed E-state index contributed by atoms with van der Waals surface area (Å²) in [6.07, 6.45) is 1.78. The van der Waals surface area contributed by atoms with Crippen LogP contribution in [0.4, 0.5) is 0 Å². The Kier molecular flexibility index (Phi) is 3.61. The fraction of sp³-hybridized carbons (Fsp3) is 0.118. The molecule has 0 radical (unpaired) electrons. The van der Waals surface area contributed by atoms with Crippen LogP contribution in [0.15, 0.2) is 60.8 Å². The first-order valence-corrected chi connectivity index (χ1v) is 6.51. The third kappa shape index (κ3) is 2.78. The lowest BCUT2D eigenvalue weighted by molar-refractivity contribution is 0.281. The van der Waals surface area contributed by atoms with E-state index in [-0.39, 0.29) is 6.61 Å². The molecule has 0 aliphatic heterocycles. The highest BCUT2D eigenvalue weighted by molar-refractivity contribution is 5.79. The summed E-state index contributed by atoms with van der Waals surface area (Å²) in [6, 6.07) is 17.6. The van der Waals surface area contributed by atoms with Gasteiger partial charge >= 0.3 is 0 Å². The van der Waals surface area contributed by atoms with E-state index in [1.54, 1.807) is 6.20 Å². The lowest BCUT2D eigenvalue weighted by Gasteiger charge is -2.07. The SMILES string of the molecule is OCc1ccc(COc2ccc3ncccc3c2)cc1. The average molecular weight is 265 g/mol. The number of fused-ring (bicyclic) bond motifs is 1. The van der Waals surface area contributed by atoms with Crippen molar-refractivity contribution in [2.24, 2.45) is 0 Å². The van der Waals surface area contributed by atoms with Gasteiger partial charge in [-0.05, 0) is 35.4 Å². The van der Waals surface area contributed by atoms with Crippen molar-refractivity contribution < 1.29 is 9.84 Å². The van der Waals surface area contributed by atoms with Gasteiger partial charge in [0, 0.05) is 11.6 Å². The van der Waals surface area contributed by atoms with Gasteiger partial charge in [0.2, 0.25) is 0 Å². The standard InChI is InChI=1S/C17H15NO2/c19-11-13-3-5-14(6-4-13)12-20-16-7-8-17-15(10-16)2-1-9-18-17/h1-10,19H,11-12H2. The van der Waals surface area contributed by atoms with Crippen LogP contribution in [-0.4, -0.2) is 10.1 Å². The van der Waals surface area contributed by atoms with Crippen molar-refractivity contribution in [3.63, 3.8) is 0 Å². The van der Waals surface area contributed by atoms with Crippen LogP contribution in [0.25, 0.3) is 10.9 Å². The average Bonchev–Trinajstić information content (AvgIpc) is 2.53. The minimum atomic E-state index is 0.0683. The Morgan fingerprint density at radius 3 is 2.55 bits per heavy atom. The van der Waals surface area contributed by atoms with Gasteiger partial charge in [0.1, 0.15) is 12.4 Å². The van der Waals surface area contributed by atoms with Crippen LogP contribution in [0.2, 0.25) is 0 Å². The van der Waals surface area contributed by atoms with Crippen molar-refractivity contribution in [3.05, 3.63) is 71.9 Å². The highest BCUT2D eigenvalue weighted by atomic mass is 16.5. The topological polar surface area (TPSA) is 42.4 Å².